The number of pyridine rings is 1. The van der Waals surface area contributed by atoms with Crippen LogP contribution in [0.15, 0.2) is 54.9 Å². The number of benzene rings is 1. The van der Waals surface area contributed by atoms with Crippen molar-refractivity contribution < 1.29 is 4.74 Å². The third kappa shape index (κ3) is 4.60. The van der Waals surface area contributed by atoms with E-state index in [2.05, 4.69) is 40.2 Å². The molecule has 4 rings (SSSR count). The molecule has 0 spiro atoms. The van der Waals surface area contributed by atoms with E-state index in [1.54, 1.807) is 18.0 Å². The summed E-state index contributed by atoms with van der Waals surface area (Å²) in [5.41, 5.74) is 1.55. The van der Waals surface area contributed by atoms with Crippen LogP contribution < -0.4 is 4.74 Å². The SMILES string of the molecule is c1ccc([C@@H]2C[C@H]2CC2CCN(CCOc3cccnc3)CC2)cc1. The Kier molecular flexibility index (Phi) is 5.31. The minimum atomic E-state index is 0.759. The molecule has 0 N–H and O–H groups in total. The number of aromatic nitrogens is 1. The summed E-state index contributed by atoms with van der Waals surface area (Å²) in [7, 11) is 0. The van der Waals surface area contributed by atoms with Crippen molar-refractivity contribution in [1.82, 2.24) is 9.88 Å². The molecule has 1 aromatic heterocycles. The van der Waals surface area contributed by atoms with E-state index in [0.29, 0.717) is 0 Å². The van der Waals surface area contributed by atoms with Gasteiger partial charge in [0, 0.05) is 12.7 Å². The Morgan fingerprint density at radius 3 is 2.64 bits per heavy atom. The zero-order valence-corrected chi connectivity index (χ0v) is 14.9. The van der Waals surface area contributed by atoms with Crippen LogP contribution in [-0.2, 0) is 0 Å². The van der Waals surface area contributed by atoms with Crippen molar-refractivity contribution in [2.75, 3.05) is 26.2 Å². The monoisotopic (exact) mass is 336 g/mol. The van der Waals surface area contributed by atoms with Gasteiger partial charge in [0.1, 0.15) is 12.4 Å². The fourth-order valence-corrected chi connectivity index (χ4v) is 4.22. The molecule has 1 aliphatic carbocycles. The molecule has 2 aromatic rings. The van der Waals surface area contributed by atoms with Gasteiger partial charge in [0.25, 0.3) is 0 Å². The maximum Gasteiger partial charge on any atom is 0.137 e. The van der Waals surface area contributed by atoms with Gasteiger partial charge in [0.05, 0.1) is 6.20 Å². The van der Waals surface area contributed by atoms with Gasteiger partial charge in [-0.25, -0.2) is 0 Å². The second-order valence-electron chi connectivity index (χ2n) is 7.57. The summed E-state index contributed by atoms with van der Waals surface area (Å²) in [6.45, 7) is 4.24. The second kappa shape index (κ2) is 8.01. The number of hydrogen-bond acceptors (Lipinski definition) is 3. The van der Waals surface area contributed by atoms with E-state index in [4.69, 9.17) is 4.74 Å². The summed E-state index contributed by atoms with van der Waals surface area (Å²) in [4.78, 5) is 6.63. The van der Waals surface area contributed by atoms with Gasteiger partial charge < -0.3 is 4.74 Å². The molecule has 25 heavy (non-hydrogen) atoms. The molecule has 0 radical (unpaired) electrons. The van der Waals surface area contributed by atoms with E-state index >= 15 is 0 Å². The smallest absolute Gasteiger partial charge is 0.137 e. The number of ether oxygens (including phenoxy) is 1. The molecule has 1 saturated heterocycles. The van der Waals surface area contributed by atoms with Crippen molar-refractivity contribution in [3.05, 3.63) is 60.4 Å². The quantitative estimate of drug-likeness (QED) is 0.751. The highest BCUT2D eigenvalue weighted by Crippen LogP contribution is 2.51. The summed E-state index contributed by atoms with van der Waals surface area (Å²) >= 11 is 0. The number of hydrogen-bond donors (Lipinski definition) is 0. The molecule has 1 aliphatic heterocycles. The van der Waals surface area contributed by atoms with Gasteiger partial charge in [-0.05, 0) is 74.2 Å². The van der Waals surface area contributed by atoms with Gasteiger partial charge >= 0.3 is 0 Å². The van der Waals surface area contributed by atoms with E-state index in [0.717, 1.165) is 36.7 Å². The largest absolute Gasteiger partial charge is 0.491 e. The van der Waals surface area contributed by atoms with Crippen LogP contribution >= 0.6 is 0 Å². The standard InChI is InChI=1S/C22H28N2O/c1-2-5-19(6-3-1)22-16-20(22)15-18-8-11-24(12-9-18)13-14-25-21-7-4-10-23-17-21/h1-7,10,17-18,20,22H,8-9,11-16H2/t20-,22+/m1/s1. The lowest BCUT2D eigenvalue weighted by Crippen LogP contribution is -2.36. The zero-order chi connectivity index (χ0) is 16.9. The molecule has 1 saturated carbocycles. The first-order valence-corrected chi connectivity index (χ1v) is 9.68. The molecule has 132 valence electrons. The first-order chi connectivity index (χ1) is 12.4. The summed E-state index contributed by atoms with van der Waals surface area (Å²) in [6.07, 6.45) is 9.10. The van der Waals surface area contributed by atoms with Crippen LogP contribution in [0.2, 0.25) is 0 Å². The van der Waals surface area contributed by atoms with Gasteiger partial charge in [-0.2, -0.15) is 0 Å². The lowest BCUT2D eigenvalue weighted by molar-refractivity contribution is 0.149. The number of piperidine rings is 1. The summed E-state index contributed by atoms with van der Waals surface area (Å²) < 4.78 is 5.77. The summed E-state index contributed by atoms with van der Waals surface area (Å²) in [6, 6.07) is 15.0. The molecule has 2 fully saturated rings. The van der Waals surface area contributed by atoms with Crippen LogP contribution in [0.25, 0.3) is 0 Å². The summed E-state index contributed by atoms with van der Waals surface area (Å²) in [5.74, 6) is 3.58. The van der Waals surface area contributed by atoms with E-state index < -0.39 is 0 Å². The maximum absolute atomic E-state index is 5.77. The minimum absolute atomic E-state index is 0.759. The molecule has 2 atom stereocenters. The maximum atomic E-state index is 5.77. The topological polar surface area (TPSA) is 25.4 Å². The Labute approximate surface area is 151 Å². The van der Waals surface area contributed by atoms with Crippen molar-refractivity contribution in [3.8, 4) is 5.75 Å². The van der Waals surface area contributed by atoms with Crippen molar-refractivity contribution in [2.45, 2.75) is 31.6 Å². The molecule has 2 aliphatic rings. The van der Waals surface area contributed by atoms with Crippen LogP contribution in [0.5, 0.6) is 5.75 Å². The van der Waals surface area contributed by atoms with Crippen molar-refractivity contribution in [3.63, 3.8) is 0 Å². The van der Waals surface area contributed by atoms with Gasteiger partial charge in [-0.1, -0.05) is 30.3 Å². The van der Waals surface area contributed by atoms with Gasteiger partial charge in [0.2, 0.25) is 0 Å². The average molecular weight is 336 g/mol. The molecule has 3 heteroatoms. The third-order valence-electron chi connectivity index (χ3n) is 5.80. The molecule has 1 aromatic carbocycles. The fourth-order valence-electron chi connectivity index (χ4n) is 4.22. The van der Waals surface area contributed by atoms with Crippen LogP contribution in [0.3, 0.4) is 0 Å². The number of likely N-dealkylation sites (tertiary alicyclic amines) is 1. The highest BCUT2D eigenvalue weighted by atomic mass is 16.5. The first-order valence-electron chi connectivity index (χ1n) is 9.68. The Hall–Kier alpha value is -1.87. The third-order valence-corrected chi connectivity index (χ3v) is 5.80. The Morgan fingerprint density at radius 1 is 1.04 bits per heavy atom. The minimum Gasteiger partial charge on any atom is -0.491 e. The molecule has 3 nitrogen and oxygen atoms in total. The van der Waals surface area contributed by atoms with E-state index in [1.807, 2.05) is 12.1 Å². The van der Waals surface area contributed by atoms with Crippen molar-refractivity contribution >= 4 is 0 Å². The van der Waals surface area contributed by atoms with Gasteiger partial charge in [-0.15, -0.1) is 0 Å². The predicted octanol–water partition coefficient (Wildman–Crippen LogP) is 4.37. The van der Waals surface area contributed by atoms with E-state index in [9.17, 15) is 0 Å². The Bertz CT molecular complexity index is 638. The van der Waals surface area contributed by atoms with Crippen LogP contribution in [0, 0.1) is 11.8 Å². The van der Waals surface area contributed by atoms with Crippen molar-refractivity contribution in [1.29, 1.82) is 0 Å². The zero-order valence-electron chi connectivity index (χ0n) is 14.9. The van der Waals surface area contributed by atoms with Crippen LogP contribution in [-0.4, -0.2) is 36.1 Å². The average Bonchev–Trinajstić information content (AvgIpc) is 3.44. The van der Waals surface area contributed by atoms with E-state index in [-0.39, 0.29) is 0 Å². The first kappa shape index (κ1) is 16.6. The fraction of sp³-hybridized carbons (Fsp3) is 0.500. The normalized spacial score (nSPS) is 24.2. The highest BCUT2D eigenvalue weighted by Gasteiger charge is 2.39. The van der Waals surface area contributed by atoms with Crippen LogP contribution in [0.1, 0.15) is 37.2 Å². The molecular formula is C22H28N2O. The van der Waals surface area contributed by atoms with Crippen molar-refractivity contribution in [2.24, 2.45) is 11.8 Å². The van der Waals surface area contributed by atoms with E-state index in [1.165, 1.54) is 38.8 Å². The lowest BCUT2D eigenvalue weighted by Gasteiger charge is -2.32. The summed E-state index contributed by atoms with van der Waals surface area (Å²) in [5, 5.41) is 0. The Balaban J connectivity index is 1.13. The lowest BCUT2D eigenvalue weighted by atomic mass is 9.90. The second-order valence-corrected chi connectivity index (χ2v) is 7.57. The molecule has 2 heterocycles. The highest BCUT2D eigenvalue weighted by molar-refractivity contribution is 5.25. The van der Waals surface area contributed by atoms with Crippen LogP contribution in [0.4, 0.5) is 0 Å². The van der Waals surface area contributed by atoms with Gasteiger partial charge in [0.15, 0.2) is 0 Å². The predicted molar refractivity (Wildman–Crippen MR) is 101 cm³/mol. The molecule has 0 bridgehead atoms. The van der Waals surface area contributed by atoms with Gasteiger partial charge in [-0.3, -0.25) is 9.88 Å². The number of rotatable bonds is 7. The Morgan fingerprint density at radius 2 is 1.88 bits per heavy atom. The molecular weight excluding hydrogens is 308 g/mol. The number of nitrogens with zero attached hydrogens (tertiary/aromatic N) is 2. The molecule has 0 amide bonds. The molecule has 0 unspecified atom stereocenters.